The largest absolute Gasteiger partial charge is 0.480 e. The highest BCUT2D eigenvalue weighted by molar-refractivity contribution is 5.83. The molecular formula is C17H21NO3. The minimum absolute atomic E-state index is 0.173. The molecule has 4 nitrogen and oxygen atoms in total. The van der Waals surface area contributed by atoms with Gasteiger partial charge in [0.05, 0.1) is 6.42 Å². The van der Waals surface area contributed by atoms with Gasteiger partial charge in [-0.1, -0.05) is 24.3 Å². The summed E-state index contributed by atoms with van der Waals surface area (Å²) in [5.41, 5.74) is 3.67. The van der Waals surface area contributed by atoms with E-state index in [4.69, 9.17) is 5.11 Å². The second-order valence-electron chi connectivity index (χ2n) is 5.44. The number of rotatable bonds is 6. The van der Waals surface area contributed by atoms with Gasteiger partial charge in [-0.3, -0.25) is 9.59 Å². The molecule has 21 heavy (non-hydrogen) atoms. The van der Waals surface area contributed by atoms with E-state index in [1.165, 1.54) is 28.9 Å². The van der Waals surface area contributed by atoms with Crippen molar-refractivity contribution in [3.63, 3.8) is 0 Å². The molecule has 0 radical (unpaired) electrons. The third-order valence-electron chi connectivity index (χ3n) is 3.80. The number of aliphatic carboxylic acids is 1. The standard InChI is InChI=1S/C17H21NO3/c1-2-9-18(12-17(20)21)16(19)11-13-7-8-14-5-3-4-6-15(14)10-13/h2,7-8,10H,1,3-6,9,11-12H2,(H,20,21). The summed E-state index contributed by atoms with van der Waals surface area (Å²) >= 11 is 0. The van der Waals surface area contributed by atoms with Crippen molar-refractivity contribution in [1.29, 1.82) is 0 Å². The molecule has 0 saturated carbocycles. The van der Waals surface area contributed by atoms with Crippen molar-refractivity contribution in [2.75, 3.05) is 13.1 Å². The van der Waals surface area contributed by atoms with Gasteiger partial charge in [-0.05, 0) is 42.4 Å². The Morgan fingerprint density at radius 3 is 2.62 bits per heavy atom. The van der Waals surface area contributed by atoms with Gasteiger partial charge >= 0.3 is 5.97 Å². The molecule has 1 amide bonds. The molecule has 1 N–H and O–H groups in total. The molecule has 1 aliphatic rings. The lowest BCUT2D eigenvalue weighted by molar-refractivity contribution is -0.143. The van der Waals surface area contributed by atoms with E-state index in [1.54, 1.807) is 6.08 Å². The Morgan fingerprint density at radius 1 is 1.24 bits per heavy atom. The summed E-state index contributed by atoms with van der Waals surface area (Å²) in [6.45, 7) is 3.55. The number of carboxylic acids is 1. The first-order valence-electron chi connectivity index (χ1n) is 7.31. The van der Waals surface area contributed by atoms with Crippen LogP contribution in [0.3, 0.4) is 0 Å². The van der Waals surface area contributed by atoms with Gasteiger partial charge in [0, 0.05) is 6.54 Å². The Balaban J connectivity index is 2.06. The first-order valence-corrected chi connectivity index (χ1v) is 7.31. The van der Waals surface area contributed by atoms with Crippen LogP contribution in [0.4, 0.5) is 0 Å². The number of nitrogens with zero attached hydrogens (tertiary/aromatic N) is 1. The van der Waals surface area contributed by atoms with E-state index in [0.717, 1.165) is 18.4 Å². The van der Waals surface area contributed by atoms with E-state index in [9.17, 15) is 9.59 Å². The summed E-state index contributed by atoms with van der Waals surface area (Å²) in [5, 5.41) is 8.86. The fraction of sp³-hybridized carbons (Fsp3) is 0.412. The highest BCUT2D eigenvalue weighted by Crippen LogP contribution is 2.22. The number of carbonyl (C=O) groups is 2. The van der Waals surface area contributed by atoms with Crippen LogP contribution in [-0.4, -0.2) is 35.0 Å². The molecule has 4 heteroatoms. The zero-order valence-corrected chi connectivity index (χ0v) is 12.2. The molecule has 0 heterocycles. The number of carbonyl (C=O) groups excluding carboxylic acids is 1. The minimum atomic E-state index is -1.00. The maximum atomic E-state index is 12.2. The topological polar surface area (TPSA) is 57.6 Å². The predicted molar refractivity (Wildman–Crippen MR) is 81.2 cm³/mol. The summed E-state index contributed by atoms with van der Waals surface area (Å²) in [5.74, 6) is -1.18. The molecule has 0 fully saturated rings. The zero-order valence-electron chi connectivity index (χ0n) is 12.2. The van der Waals surface area contributed by atoms with Gasteiger partial charge in [0.15, 0.2) is 0 Å². The number of fused-ring (bicyclic) bond motifs is 1. The molecule has 1 aromatic rings. The molecule has 0 aromatic heterocycles. The summed E-state index contributed by atoms with van der Waals surface area (Å²) in [6.07, 6.45) is 6.42. The van der Waals surface area contributed by atoms with Crippen LogP contribution in [0.5, 0.6) is 0 Å². The summed E-state index contributed by atoms with van der Waals surface area (Å²) in [6, 6.07) is 6.18. The Bertz CT molecular complexity index is 551. The average molecular weight is 287 g/mol. The maximum Gasteiger partial charge on any atom is 0.323 e. The van der Waals surface area contributed by atoms with Crippen molar-refractivity contribution in [3.8, 4) is 0 Å². The molecule has 0 aliphatic heterocycles. The van der Waals surface area contributed by atoms with Crippen molar-refractivity contribution in [2.24, 2.45) is 0 Å². The van der Waals surface area contributed by atoms with Crippen LogP contribution >= 0.6 is 0 Å². The number of aryl methyl sites for hydroxylation is 2. The third kappa shape index (κ3) is 4.18. The maximum absolute atomic E-state index is 12.2. The molecule has 0 unspecified atom stereocenters. The highest BCUT2D eigenvalue weighted by atomic mass is 16.4. The molecule has 0 spiro atoms. The Morgan fingerprint density at radius 2 is 1.95 bits per heavy atom. The van der Waals surface area contributed by atoms with Crippen molar-refractivity contribution >= 4 is 11.9 Å². The van der Waals surface area contributed by atoms with Gasteiger partial charge in [0.25, 0.3) is 0 Å². The average Bonchev–Trinajstić information content (AvgIpc) is 2.46. The predicted octanol–water partition coefficient (Wildman–Crippen LogP) is 2.21. The van der Waals surface area contributed by atoms with Crippen molar-refractivity contribution in [2.45, 2.75) is 32.1 Å². The van der Waals surface area contributed by atoms with E-state index in [2.05, 4.69) is 18.7 Å². The quantitative estimate of drug-likeness (QED) is 0.816. The molecule has 1 aliphatic carbocycles. The first-order chi connectivity index (χ1) is 10.1. The van der Waals surface area contributed by atoms with Crippen LogP contribution in [0, 0.1) is 0 Å². The molecule has 2 rings (SSSR count). The van der Waals surface area contributed by atoms with Gasteiger partial charge in [0.2, 0.25) is 5.91 Å². The SMILES string of the molecule is C=CCN(CC(=O)O)C(=O)Cc1ccc2c(c1)CCCC2. The van der Waals surface area contributed by atoms with Crippen LogP contribution in [0.25, 0.3) is 0 Å². The second kappa shape index (κ2) is 7.07. The van der Waals surface area contributed by atoms with Gasteiger partial charge in [0.1, 0.15) is 6.54 Å². The zero-order chi connectivity index (χ0) is 15.2. The highest BCUT2D eigenvalue weighted by Gasteiger charge is 2.17. The lowest BCUT2D eigenvalue weighted by Gasteiger charge is -2.20. The molecule has 0 saturated heterocycles. The van der Waals surface area contributed by atoms with E-state index >= 15 is 0 Å². The van der Waals surface area contributed by atoms with Crippen LogP contribution in [0.1, 0.15) is 29.5 Å². The Kier molecular flexibility index (Phi) is 5.14. The molecule has 1 aromatic carbocycles. The third-order valence-corrected chi connectivity index (χ3v) is 3.80. The monoisotopic (exact) mass is 287 g/mol. The number of carboxylic acid groups (broad SMARTS) is 1. The lowest BCUT2D eigenvalue weighted by Crippen LogP contribution is -2.36. The van der Waals surface area contributed by atoms with E-state index in [-0.39, 0.29) is 25.4 Å². The van der Waals surface area contributed by atoms with Crippen LogP contribution < -0.4 is 0 Å². The van der Waals surface area contributed by atoms with Gasteiger partial charge in [-0.2, -0.15) is 0 Å². The smallest absolute Gasteiger partial charge is 0.323 e. The van der Waals surface area contributed by atoms with Crippen LogP contribution in [-0.2, 0) is 28.9 Å². The summed E-state index contributed by atoms with van der Waals surface area (Å²) in [4.78, 5) is 24.3. The first kappa shape index (κ1) is 15.3. The Labute approximate surface area is 125 Å². The molecule has 0 atom stereocenters. The van der Waals surface area contributed by atoms with Gasteiger partial charge in [-0.15, -0.1) is 6.58 Å². The minimum Gasteiger partial charge on any atom is -0.480 e. The number of benzene rings is 1. The fourth-order valence-corrected chi connectivity index (χ4v) is 2.76. The van der Waals surface area contributed by atoms with Crippen LogP contribution in [0.15, 0.2) is 30.9 Å². The molecule has 112 valence electrons. The van der Waals surface area contributed by atoms with Crippen molar-refractivity contribution in [3.05, 3.63) is 47.5 Å². The van der Waals surface area contributed by atoms with Gasteiger partial charge in [-0.25, -0.2) is 0 Å². The summed E-state index contributed by atoms with van der Waals surface area (Å²) in [7, 11) is 0. The number of amides is 1. The molecule has 0 bridgehead atoms. The second-order valence-corrected chi connectivity index (χ2v) is 5.44. The Hall–Kier alpha value is -2.10. The fourth-order valence-electron chi connectivity index (χ4n) is 2.76. The van der Waals surface area contributed by atoms with E-state index in [0.29, 0.717) is 0 Å². The van der Waals surface area contributed by atoms with E-state index < -0.39 is 5.97 Å². The number of hydrogen-bond donors (Lipinski definition) is 1. The van der Waals surface area contributed by atoms with Crippen molar-refractivity contribution in [1.82, 2.24) is 4.90 Å². The van der Waals surface area contributed by atoms with Crippen molar-refractivity contribution < 1.29 is 14.7 Å². The normalized spacial score (nSPS) is 13.3. The van der Waals surface area contributed by atoms with Crippen LogP contribution in [0.2, 0.25) is 0 Å². The van der Waals surface area contributed by atoms with E-state index in [1.807, 2.05) is 6.07 Å². The van der Waals surface area contributed by atoms with Gasteiger partial charge < -0.3 is 10.0 Å². The lowest BCUT2D eigenvalue weighted by atomic mass is 9.90. The molecular weight excluding hydrogens is 266 g/mol. The number of hydrogen-bond acceptors (Lipinski definition) is 2. The summed E-state index contributed by atoms with van der Waals surface area (Å²) < 4.78 is 0.